The van der Waals surface area contributed by atoms with E-state index in [9.17, 15) is 0 Å². The Morgan fingerprint density at radius 2 is 2.07 bits per heavy atom. The molecule has 0 spiro atoms. The summed E-state index contributed by atoms with van der Waals surface area (Å²) in [6.45, 7) is 0.408. The molecule has 4 nitrogen and oxygen atoms in total. The van der Waals surface area contributed by atoms with Crippen molar-refractivity contribution in [3.05, 3.63) is 36.0 Å². The molecule has 1 aromatic carbocycles. The lowest BCUT2D eigenvalue weighted by Crippen LogP contribution is -2.00. The number of hydrogen-bond donors (Lipinski definition) is 2. The lowest BCUT2D eigenvalue weighted by molar-refractivity contribution is 0.960. The van der Waals surface area contributed by atoms with Gasteiger partial charge in [-0.05, 0) is 12.1 Å². The van der Waals surface area contributed by atoms with Gasteiger partial charge < -0.3 is 11.1 Å². The van der Waals surface area contributed by atoms with Gasteiger partial charge in [0.05, 0.1) is 0 Å². The van der Waals surface area contributed by atoms with E-state index in [-0.39, 0.29) is 0 Å². The van der Waals surface area contributed by atoms with E-state index in [1.54, 1.807) is 0 Å². The van der Waals surface area contributed by atoms with Crippen LogP contribution in [0.1, 0.15) is 5.69 Å². The first-order valence-corrected chi connectivity index (χ1v) is 5.01. The van der Waals surface area contributed by atoms with Gasteiger partial charge in [0.25, 0.3) is 0 Å². The Kier molecular flexibility index (Phi) is 2.71. The Balaban J connectivity index is 2.19. The highest BCUT2D eigenvalue weighted by Crippen LogP contribution is 2.22. The number of benzene rings is 1. The van der Waals surface area contributed by atoms with Crippen molar-refractivity contribution in [2.24, 2.45) is 5.73 Å². The van der Waals surface area contributed by atoms with Gasteiger partial charge in [-0.25, -0.2) is 0 Å². The molecule has 0 unspecified atom stereocenters. The number of para-hydroxylation sites is 1. The molecule has 0 atom stereocenters. The summed E-state index contributed by atoms with van der Waals surface area (Å²) in [6.07, 6.45) is 0. The van der Waals surface area contributed by atoms with Gasteiger partial charge in [-0.2, -0.15) is 0 Å². The molecule has 0 aliphatic carbocycles. The van der Waals surface area contributed by atoms with Crippen molar-refractivity contribution in [3.63, 3.8) is 0 Å². The van der Waals surface area contributed by atoms with E-state index in [1.807, 2.05) is 30.3 Å². The normalized spacial score (nSPS) is 10.1. The summed E-state index contributed by atoms with van der Waals surface area (Å²) < 4.78 is 3.84. The number of rotatable bonds is 3. The predicted molar refractivity (Wildman–Crippen MR) is 57.5 cm³/mol. The zero-order valence-corrected chi connectivity index (χ0v) is 8.29. The zero-order valence-electron chi connectivity index (χ0n) is 7.47. The molecule has 2 aromatic rings. The Bertz CT molecular complexity index is 398. The number of nitrogens with one attached hydrogen (secondary N) is 1. The van der Waals surface area contributed by atoms with Crippen LogP contribution in [0.15, 0.2) is 30.3 Å². The molecule has 0 fully saturated rings. The molecule has 72 valence electrons. The summed E-state index contributed by atoms with van der Waals surface area (Å²) in [5, 5.41) is 8.04. The lowest BCUT2D eigenvalue weighted by atomic mass is 10.3. The number of nitrogens with two attached hydrogens (primary N) is 1. The van der Waals surface area contributed by atoms with E-state index in [2.05, 4.69) is 14.9 Å². The van der Waals surface area contributed by atoms with Gasteiger partial charge in [0.1, 0.15) is 10.7 Å². The molecule has 0 aliphatic rings. The third-order valence-corrected chi connectivity index (χ3v) is 2.46. The molecule has 0 aliphatic heterocycles. The van der Waals surface area contributed by atoms with Crippen LogP contribution in [0.25, 0.3) is 0 Å². The Labute approximate surface area is 85.9 Å². The van der Waals surface area contributed by atoms with Crippen molar-refractivity contribution in [2.45, 2.75) is 6.54 Å². The summed E-state index contributed by atoms with van der Waals surface area (Å²) in [5.74, 6) is 0. The molecule has 1 heterocycles. The van der Waals surface area contributed by atoms with Crippen LogP contribution >= 0.6 is 11.5 Å². The lowest BCUT2D eigenvalue weighted by Gasteiger charge is -2.02. The summed E-state index contributed by atoms with van der Waals surface area (Å²) in [7, 11) is 0. The van der Waals surface area contributed by atoms with Gasteiger partial charge in [0.15, 0.2) is 0 Å². The first-order chi connectivity index (χ1) is 6.90. The molecule has 0 amide bonds. The maximum Gasteiger partial charge on any atom is 0.139 e. The number of hydrogen-bond acceptors (Lipinski definition) is 5. The number of nitrogens with zero attached hydrogens (tertiary/aromatic N) is 2. The zero-order chi connectivity index (χ0) is 9.80. The van der Waals surface area contributed by atoms with E-state index in [0.29, 0.717) is 6.54 Å². The van der Waals surface area contributed by atoms with Gasteiger partial charge >= 0.3 is 0 Å². The average Bonchev–Trinajstić information content (AvgIpc) is 2.67. The van der Waals surface area contributed by atoms with Gasteiger partial charge in [-0.15, -0.1) is 5.10 Å². The number of aromatic nitrogens is 2. The van der Waals surface area contributed by atoms with Crippen molar-refractivity contribution in [3.8, 4) is 0 Å². The fraction of sp³-hybridized carbons (Fsp3) is 0.111. The van der Waals surface area contributed by atoms with Crippen LogP contribution < -0.4 is 11.1 Å². The third kappa shape index (κ3) is 1.89. The Morgan fingerprint density at radius 1 is 1.29 bits per heavy atom. The molecule has 3 N–H and O–H groups in total. The highest BCUT2D eigenvalue weighted by atomic mass is 32.1. The first kappa shape index (κ1) is 9.11. The highest BCUT2D eigenvalue weighted by Gasteiger charge is 2.05. The average molecular weight is 206 g/mol. The quantitative estimate of drug-likeness (QED) is 0.803. The minimum Gasteiger partial charge on any atom is -0.344 e. The Hall–Kier alpha value is -1.46. The fourth-order valence-electron chi connectivity index (χ4n) is 1.09. The number of anilines is 2. The minimum atomic E-state index is 0.408. The van der Waals surface area contributed by atoms with Crippen LogP contribution in [0, 0.1) is 0 Å². The molecule has 5 heteroatoms. The molecule has 2 rings (SSSR count). The van der Waals surface area contributed by atoms with Crippen LogP contribution in [-0.2, 0) is 6.54 Å². The molecule has 0 bridgehead atoms. The molecule has 0 saturated heterocycles. The molecular formula is C9H10N4S. The summed E-state index contributed by atoms with van der Waals surface area (Å²) >= 11 is 1.32. The van der Waals surface area contributed by atoms with E-state index in [0.717, 1.165) is 16.4 Å². The second-order valence-electron chi connectivity index (χ2n) is 2.74. The van der Waals surface area contributed by atoms with Gasteiger partial charge in [-0.1, -0.05) is 22.7 Å². The second kappa shape index (κ2) is 4.17. The van der Waals surface area contributed by atoms with Gasteiger partial charge in [0.2, 0.25) is 0 Å². The topological polar surface area (TPSA) is 63.8 Å². The maximum atomic E-state index is 5.51. The van der Waals surface area contributed by atoms with Crippen LogP contribution in [0.3, 0.4) is 0 Å². The van der Waals surface area contributed by atoms with Gasteiger partial charge in [-0.3, -0.25) is 0 Å². The van der Waals surface area contributed by atoms with Crippen LogP contribution in [-0.4, -0.2) is 9.59 Å². The first-order valence-electron chi connectivity index (χ1n) is 4.23. The smallest absolute Gasteiger partial charge is 0.139 e. The van der Waals surface area contributed by atoms with E-state index in [4.69, 9.17) is 5.73 Å². The largest absolute Gasteiger partial charge is 0.344 e. The second-order valence-corrected chi connectivity index (χ2v) is 3.50. The fourth-order valence-corrected chi connectivity index (χ4v) is 1.70. The van der Waals surface area contributed by atoms with E-state index >= 15 is 0 Å². The van der Waals surface area contributed by atoms with Crippen molar-refractivity contribution in [1.29, 1.82) is 0 Å². The predicted octanol–water partition coefficient (Wildman–Crippen LogP) is 1.74. The summed E-state index contributed by atoms with van der Waals surface area (Å²) in [5.41, 5.74) is 7.34. The van der Waals surface area contributed by atoms with Crippen molar-refractivity contribution < 1.29 is 0 Å². The van der Waals surface area contributed by atoms with Crippen molar-refractivity contribution >= 4 is 22.2 Å². The molecule has 14 heavy (non-hydrogen) atoms. The van der Waals surface area contributed by atoms with Crippen molar-refractivity contribution in [2.75, 3.05) is 5.32 Å². The summed E-state index contributed by atoms with van der Waals surface area (Å²) in [6, 6.07) is 9.89. The van der Waals surface area contributed by atoms with Gasteiger partial charge in [0, 0.05) is 23.8 Å². The third-order valence-electron chi connectivity index (χ3n) is 1.78. The maximum absolute atomic E-state index is 5.51. The monoisotopic (exact) mass is 206 g/mol. The standard InChI is InChI=1S/C9H10N4S/c10-6-8-9(14-13-12-8)11-7-4-2-1-3-5-7/h1-5,11H,6,10H2. The molecule has 0 radical (unpaired) electrons. The summed E-state index contributed by atoms with van der Waals surface area (Å²) in [4.78, 5) is 0. The van der Waals surface area contributed by atoms with Crippen LogP contribution in [0.2, 0.25) is 0 Å². The van der Waals surface area contributed by atoms with E-state index in [1.165, 1.54) is 11.5 Å². The van der Waals surface area contributed by atoms with Crippen molar-refractivity contribution in [1.82, 2.24) is 9.59 Å². The van der Waals surface area contributed by atoms with Crippen LogP contribution in [0.4, 0.5) is 10.7 Å². The SMILES string of the molecule is NCc1nnsc1Nc1ccccc1. The highest BCUT2D eigenvalue weighted by molar-refractivity contribution is 7.10. The molecule has 1 aromatic heterocycles. The van der Waals surface area contributed by atoms with E-state index < -0.39 is 0 Å². The Morgan fingerprint density at radius 3 is 2.79 bits per heavy atom. The molecular weight excluding hydrogens is 196 g/mol. The molecule has 0 saturated carbocycles. The minimum absolute atomic E-state index is 0.408. The van der Waals surface area contributed by atoms with Crippen LogP contribution in [0.5, 0.6) is 0 Å².